The number of hydrogen-bond donors (Lipinski definition) is 1. The molecule has 0 unspecified atom stereocenters. The summed E-state index contributed by atoms with van der Waals surface area (Å²) in [5.41, 5.74) is 0.747. The maximum Gasteiger partial charge on any atom is 0.0889 e. The summed E-state index contributed by atoms with van der Waals surface area (Å²) in [5, 5.41) is 6.88. The largest absolute Gasteiger partial charge is 0.306 e. The molecule has 0 heterocycles. The Bertz CT molecular complexity index is 212. The molecule has 0 aromatic heterocycles. The van der Waals surface area contributed by atoms with Crippen LogP contribution in [0.1, 0.15) is 0 Å². The first-order chi connectivity index (χ1) is 4.93. The lowest BCUT2D eigenvalue weighted by Gasteiger charge is -1.86. The predicted octanol–water partition coefficient (Wildman–Crippen LogP) is 2.55. The average Bonchev–Trinajstić information content (AvgIpc) is 2.03. The maximum absolute atomic E-state index is 4.10. The summed E-state index contributed by atoms with van der Waals surface area (Å²) >= 11 is 3.39. The van der Waals surface area contributed by atoms with Gasteiger partial charge in [-0.3, -0.25) is 0 Å². The lowest BCUT2D eigenvalue weighted by Crippen LogP contribution is -1.60. The summed E-state index contributed by atoms with van der Waals surface area (Å²) < 4.78 is 4.10. The Balaban J connectivity index is 2.67. The van der Waals surface area contributed by atoms with Crippen LogP contribution in [-0.4, -0.2) is 0 Å². The van der Waals surface area contributed by atoms with Gasteiger partial charge in [0.15, 0.2) is 0 Å². The maximum atomic E-state index is 4.10. The monoisotopic (exact) mass is 154 g/mol. The Morgan fingerprint density at radius 3 is 2.50 bits per heavy atom. The molecule has 1 aromatic rings. The second kappa shape index (κ2) is 3.90. The van der Waals surface area contributed by atoms with E-state index in [-0.39, 0.29) is 0 Å². The first kappa shape index (κ1) is 7.08. The van der Waals surface area contributed by atoms with Crippen LogP contribution in [-0.2, 0) is 4.28 Å². The SMILES string of the molecule is SON=Nc1ccccc1. The average molecular weight is 154 g/mol. The molecule has 52 valence electrons. The highest BCUT2D eigenvalue weighted by atomic mass is 32.1. The zero-order chi connectivity index (χ0) is 7.23. The van der Waals surface area contributed by atoms with Crippen molar-refractivity contribution in [2.75, 3.05) is 0 Å². The molecular formula is C6H6N2OS. The number of benzene rings is 1. The molecule has 0 radical (unpaired) electrons. The standard InChI is InChI=1S/C6H6N2OS/c10-9-8-7-6-4-2-1-3-5-6/h1-5,10H. The molecule has 0 spiro atoms. The smallest absolute Gasteiger partial charge is 0.0889 e. The van der Waals surface area contributed by atoms with Gasteiger partial charge in [0.25, 0.3) is 0 Å². The minimum absolute atomic E-state index is 0.747. The third kappa shape index (κ3) is 2.06. The normalized spacial score (nSPS) is 10.1. The molecule has 0 bridgehead atoms. The van der Waals surface area contributed by atoms with Crippen molar-refractivity contribution in [1.29, 1.82) is 0 Å². The van der Waals surface area contributed by atoms with Gasteiger partial charge < -0.3 is 4.28 Å². The van der Waals surface area contributed by atoms with Crippen molar-refractivity contribution >= 4 is 18.6 Å². The van der Waals surface area contributed by atoms with Crippen molar-refractivity contribution in [2.45, 2.75) is 0 Å². The third-order valence-electron chi connectivity index (χ3n) is 0.949. The Labute approximate surface area is 64.3 Å². The number of nitrogens with zero attached hydrogens (tertiary/aromatic N) is 2. The van der Waals surface area contributed by atoms with Crippen LogP contribution < -0.4 is 0 Å². The van der Waals surface area contributed by atoms with Gasteiger partial charge in [-0.1, -0.05) is 18.2 Å². The highest BCUT2D eigenvalue weighted by Crippen LogP contribution is 2.09. The number of hydrogen-bond acceptors (Lipinski definition) is 4. The van der Waals surface area contributed by atoms with E-state index in [1.54, 1.807) is 0 Å². The predicted molar refractivity (Wildman–Crippen MR) is 41.0 cm³/mol. The van der Waals surface area contributed by atoms with Crippen molar-refractivity contribution in [3.8, 4) is 0 Å². The summed E-state index contributed by atoms with van der Waals surface area (Å²) in [4.78, 5) is 0. The van der Waals surface area contributed by atoms with Crippen molar-refractivity contribution in [3.05, 3.63) is 30.3 Å². The fourth-order valence-corrected chi connectivity index (χ4v) is 0.597. The fraction of sp³-hybridized carbons (Fsp3) is 0. The number of thiol groups is 1. The van der Waals surface area contributed by atoms with E-state index in [9.17, 15) is 0 Å². The molecule has 0 saturated heterocycles. The molecule has 0 saturated carbocycles. The van der Waals surface area contributed by atoms with Gasteiger partial charge in [0.1, 0.15) is 0 Å². The molecule has 10 heavy (non-hydrogen) atoms. The Kier molecular flexibility index (Phi) is 2.76. The van der Waals surface area contributed by atoms with Crippen molar-refractivity contribution in [2.24, 2.45) is 10.4 Å². The van der Waals surface area contributed by atoms with Gasteiger partial charge in [0, 0.05) is 5.28 Å². The summed E-state index contributed by atoms with van der Waals surface area (Å²) in [6.07, 6.45) is 0. The van der Waals surface area contributed by atoms with Gasteiger partial charge in [-0.25, -0.2) is 0 Å². The van der Waals surface area contributed by atoms with Crippen LogP contribution >= 0.6 is 12.9 Å². The highest BCUT2D eigenvalue weighted by Gasteiger charge is 1.82. The van der Waals surface area contributed by atoms with E-state index in [2.05, 4.69) is 27.6 Å². The minimum atomic E-state index is 0.747. The van der Waals surface area contributed by atoms with Gasteiger partial charge in [-0.2, -0.15) is 0 Å². The zero-order valence-corrected chi connectivity index (χ0v) is 6.03. The number of rotatable bonds is 2. The van der Waals surface area contributed by atoms with Crippen LogP contribution in [0.4, 0.5) is 5.69 Å². The van der Waals surface area contributed by atoms with Gasteiger partial charge in [-0.05, 0) is 12.1 Å². The molecule has 0 fully saturated rings. The zero-order valence-electron chi connectivity index (χ0n) is 5.14. The topological polar surface area (TPSA) is 34.0 Å². The Morgan fingerprint density at radius 2 is 1.90 bits per heavy atom. The van der Waals surface area contributed by atoms with Crippen molar-refractivity contribution in [3.63, 3.8) is 0 Å². The third-order valence-corrected chi connectivity index (χ3v) is 1.02. The lowest BCUT2D eigenvalue weighted by atomic mass is 10.3. The molecular weight excluding hydrogens is 148 g/mol. The molecule has 1 rings (SSSR count). The van der Waals surface area contributed by atoms with Crippen LogP contribution in [0.3, 0.4) is 0 Å². The van der Waals surface area contributed by atoms with Crippen LogP contribution in [0, 0.1) is 0 Å². The molecule has 0 aliphatic rings. The Morgan fingerprint density at radius 1 is 1.20 bits per heavy atom. The molecule has 0 amide bonds. The molecule has 0 N–H and O–H groups in total. The van der Waals surface area contributed by atoms with Gasteiger partial charge >= 0.3 is 0 Å². The van der Waals surface area contributed by atoms with Crippen LogP contribution in [0.5, 0.6) is 0 Å². The van der Waals surface area contributed by atoms with E-state index < -0.39 is 0 Å². The second-order valence-electron chi connectivity index (χ2n) is 1.60. The summed E-state index contributed by atoms with van der Waals surface area (Å²) in [6.45, 7) is 0. The van der Waals surface area contributed by atoms with E-state index in [1.807, 2.05) is 30.3 Å². The summed E-state index contributed by atoms with van der Waals surface area (Å²) in [5.74, 6) is 0. The summed E-state index contributed by atoms with van der Waals surface area (Å²) in [7, 11) is 0. The van der Waals surface area contributed by atoms with E-state index in [0.717, 1.165) is 5.69 Å². The molecule has 4 heteroatoms. The van der Waals surface area contributed by atoms with Crippen molar-refractivity contribution < 1.29 is 4.28 Å². The van der Waals surface area contributed by atoms with Crippen molar-refractivity contribution in [1.82, 2.24) is 0 Å². The minimum Gasteiger partial charge on any atom is -0.306 e. The second-order valence-corrected chi connectivity index (χ2v) is 1.76. The van der Waals surface area contributed by atoms with E-state index in [1.165, 1.54) is 0 Å². The van der Waals surface area contributed by atoms with Crippen LogP contribution in [0.2, 0.25) is 0 Å². The lowest BCUT2D eigenvalue weighted by molar-refractivity contribution is 0.379. The highest BCUT2D eigenvalue weighted by molar-refractivity contribution is 7.75. The first-order valence-electron chi connectivity index (χ1n) is 2.70. The van der Waals surface area contributed by atoms with E-state index >= 15 is 0 Å². The summed E-state index contributed by atoms with van der Waals surface area (Å²) in [6, 6.07) is 9.27. The fourth-order valence-electron chi connectivity index (χ4n) is 0.560. The molecule has 0 aliphatic carbocycles. The molecule has 3 nitrogen and oxygen atoms in total. The van der Waals surface area contributed by atoms with Gasteiger partial charge in [-0.15, -0.1) is 5.11 Å². The Hall–Kier alpha value is -1.03. The molecule has 0 atom stereocenters. The first-order valence-corrected chi connectivity index (χ1v) is 3.06. The van der Waals surface area contributed by atoms with Gasteiger partial charge in [0.05, 0.1) is 18.6 Å². The van der Waals surface area contributed by atoms with E-state index in [4.69, 9.17) is 0 Å². The molecule has 0 aliphatic heterocycles. The van der Waals surface area contributed by atoms with Crippen LogP contribution in [0.25, 0.3) is 0 Å². The molecule has 1 aromatic carbocycles. The quantitative estimate of drug-likeness (QED) is 0.302. The van der Waals surface area contributed by atoms with Crippen LogP contribution in [0.15, 0.2) is 40.7 Å². The van der Waals surface area contributed by atoms with Gasteiger partial charge in [0.2, 0.25) is 0 Å². The van der Waals surface area contributed by atoms with E-state index in [0.29, 0.717) is 0 Å².